The summed E-state index contributed by atoms with van der Waals surface area (Å²) in [4.78, 5) is 0. The Labute approximate surface area is 44.0 Å². The number of allylic oxidation sites excluding steroid dienone is 2. The zero-order valence-electron chi connectivity index (χ0n) is 4.93. The van der Waals surface area contributed by atoms with Crippen LogP contribution in [0.25, 0.3) is 0 Å². The molecule has 0 saturated heterocycles. The summed E-state index contributed by atoms with van der Waals surface area (Å²) < 4.78 is 0. The van der Waals surface area contributed by atoms with Gasteiger partial charge in [0.15, 0.2) is 0 Å². The van der Waals surface area contributed by atoms with Crippen molar-refractivity contribution in [2.45, 2.75) is 13.8 Å². The van der Waals surface area contributed by atoms with E-state index in [1.54, 1.807) is 13.0 Å². The zero-order valence-corrected chi connectivity index (χ0v) is 4.93. The third-order valence-corrected chi connectivity index (χ3v) is 0.914. The fraction of sp³-hybridized carbons (Fsp3) is 0.600. The summed E-state index contributed by atoms with van der Waals surface area (Å²) in [5, 5.41) is 11.1. The van der Waals surface area contributed by atoms with E-state index in [9.17, 15) is 5.21 Å². The van der Waals surface area contributed by atoms with Crippen molar-refractivity contribution < 1.29 is 0 Å². The van der Waals surface area contributed by atoms with E-state index in [1.165, 1.54) is 7.05 Å². The van der Waals surface area contributed by atoms with Crippen LogP contribution in [0.2, 0.25) is 0 Å². The summed E-state index contributed by atoms with van der Waals surface area (Å²) in [5.74, 6) is 0. The summed E-state index contributed by atoms with van der Waals surface area (Å²) in [5.41, 5.74) is 0.750. The van der Waals surface area contributed by atoms with Crippen LogP contribution in [-0.4, -0.2) is 12.1 Å². The van der Waals surface area contributed by atoms with Gasteiger partial charge in [-0.05, 0) is 26.6 Å². The molecule has 2 heteroatoms. The maximum absolute atomic E-state index is 10.2. The van der Waals surface area contributed by atoms with E-state index >= 15 is 0 Å². The first-order chi connectivity index (χ1) is 3.18. The van der Waals surface area contributed by atoms with Gasteiger partial charge >= 0.3 is 0 Å². The molecule has 0 bridgehead atoms. The first-order valence-corrected chi connectivity index (χ1v) is 2.22. The smallest absolute Gasteiger partial charge is 0.00514 e. The summed E-state index contributed by atoms with van der Waals surface area (Å²) in [7, 11) is 1.48. The van der Waals surface area contributed by atoms with Crippen LogP contribution in [0.1, 0.15) is 13.8 Å². The minimum absolute atomic E-state index is 0.750. The number of hydroxylamine groups is 2. The van der Waals surface area contributed by atoms with Crippen LogP contribution in [0.5, 0.6) is 0 Å². The lowest BCUT2D eigenvalue weighted by atomic mass is 10.5. The monoisotopic (exact) mass is 100 g/mol. The van der Waals surface area contributed by atoms with Crippen molar-refractivity contribution in [3.63, 3.8) is 0 Å². The highest BCUT2D eigenvalue weighted by molar-refractivity contribution is 4.93. The Bertz CT molecular complexity index is 76.1. The molecule has 7 heavy (non-hydrogen) atoms. The molecule has 0 N–H and O–H groups in total. The standard InChI is InChI=1S/C5H10NO/c1-4-5(2)6(3)7/h4H,1-3H3/q-1/b5-4+. The van der Waals surface area contributed by atoms with Crippen molar-refractivity contribution in [2.75, 3.05) is 7.05 Å². The van der Waals surface area contributed by atoms with Crippen molar-refractivity contribution in [1.29, 1.82) is 0 Å². The van der Waals surface area contributed by atoms with Crippen LogP contribution in [0.4, 0.5) is 0 Å². The molecule has 2 nitrogen and oxygen atoms in total. The van der Waals surface area contributed by atoms with Crippen molar-refractivity contribution >= 4 is 0 Å². The Morgan fingerprint density at radius 1 is 1.71 bits per heavy atom. The van der Waals surface area contributed by atoms with E-state index < -0.39 is 0 Å². The second-order valence-electron chi connectivity index (χ2n) is 1.43. The van der Waals surface area contributed by atoms with Gasteiger partial charge in [-0.2, -0.15) is 0 Å². The van der Waals surface area contributed by atoms with Crippen LogP contribution in [0, 0.1) is 5.21 Å². The Morgan fingerprint density at radius 3 is 2.14 bits per heavy atom. The van der Waals surface area contributed by atoms with Crippen molar-refractivity contribution in [3.8, 4) is 0 Å². The highest BCUT2D eigenvalue weighted by atomic mass is 16.5. The minimum atomic E-state index is 0.750. The fourth-order valence-corrected chi connectivity index (χ4v) is 0.182. The molecule has 0 aromatic rings. The van der Waals surface area contributed by atoms with E-state index in [0.29, 0.717) is 0 Å². The second-order valence-corrected chi connectivity index (χ2v) is 1.43. The number of hydrogen-bond donors (Lipinski definition) is 0. The lowest BCUT2D eigenvalue weighted by Gasteiger charge is -2.24. The summed E-state index contributed by atoms with van der Waals surface area (Å²) in [6.07, 6.45) is 1.77. The van der Waals surface area contributed by atoms with Gasteiger partial charge in [-0.1, -0.05) is 6.08 Å². The Kier molecular flexibility index (Phi) is 2.45. The first-order valence-electron chi connectivity index (χ1n) is 2.22. The van der Waals surface area contributed by atoms with Gasteiger partial charge in [0.05, 0.1) is 0 Å². The third kappa shape index (κ3) is 2.23. The minimum Gasteiger partial charge on any atom is -0.759 e. The van der Waals surface area contributed by atoms with Gasteiger partial charge in [0.1, 0.15) is 0 Å². The highest BCUT2D eigenvalue weighted by Crippen LogP contribution is 1.93. The van der Waals surface area contributed by atoms with Crippen molar-refractivity contribution in [1.82, 2.24) is 5.06 Å². The molecule has 0 atom stereocenters. The maximum Gasteiger partial charge on any atom is -0.00514 e. The number of rotatable bonds is 1. The Morgan fingerprint density at radius 2 is 2.14 bits per heavy atom. The second kappa shape index (κ2) is 2.64. The number of nitrogens with zero attached hydrogens (tertiary/aromatic N) is 1. The van der Waals surface area contributed by atoms with Crippen LogP contribution < -0.4 is 0 Å². The average Bonchev–Trinajstić information content (AvgIpc) is 1.65. The SMILES string of the molecule is C/C=C(\C)N(C)[O-]. The molecule has 0 fully saturated rings. The molecule has 0 aliphatic heterocycles. The van der Waals surface area contributed by atoms with E-state index in [2.05, 4.69) is 0 Å². The lowest BCUT2D eigenvalue weighted by Crippen LogP contribution is -2.04. The molecule has 0 heterocycles. The highest BCUT2D eigenvalue weighted by Gasteiger charge is 1.76. The molecular weight excluding hydrogens is 90.1 g/mol. The summed E-state index contributed by atoms with van der Waals surface area (Å²) in [6, 6.07) is 0. The van der Waals surface area contributed by atoms with E-state index in [-0.39, 0.29) is 0 Å². The average molecular weight is 100 g/mol. The maximum atomic E-state index is 10.2. The van der Waals surface area contributed by atoms with Crippen LogP contribution in [0.3, 0.4) is 0 Å². The van der Waals surface area contributed by atoms with Gasteiger partial charge < -0.3 is 10.3 Å². The molecular formula is C5H10NO-. The fourth-order valence-electron chi connectivity index (χ4n) is 0.182. The van der Waals surface area contributed by atoms with Crippen LogP contribution >= 0.6 is 0 Å². The summed E-state index contributed by atoms with van der Waals surface area (Å²) in [6.45, 7) is 3.61. The molecule has 0 spiro atoms. The first kappa shape index (κ1) is 6.50. The van der Waals surface area contributed by atoms with E-state index in [0.717, 1.165) is 10.8 Å². The quantitative estimate of drug-likeness (QED) is 0.465. The lowest BCUT2D eigenvalue weighted by molar-refractivity contribution is 0.573. The molecule has 0 aliphatic carbocycles. The molecule has 0 aromatic heterocycles. The Balaban J connectivity index is 3.56. The normalized spacial score (nSPS) is 11.7. The third-order valence-electron chi connectivity index (χ3n) is 0.914. The van der Waals surface area contributed by atoms with Gasteiger partial charge in [-0.25, -0.2) is 0 Å². The molecule has 0 aliphatic rings. The zero-order chi connectivity index (χ0) is 5.86. The largest absolute Gasteiger partial charge is 0.759 e. The van der Waals surface area contributed by atoms with Crippen LogP contribution in [0.15, 0.2) is 11.8 Å². The van der Waals surface area contributed by atoms with Gasteiger partial charge in [0, 0.05) is 0 Å². The molecule has 0 rings (SSSR count). The van der Waals surface area contributed by atoms with Crippen molar-refractivity contribution in [2.24, 2.45) is 0 Å². The van der Waals surface area contributed by atoms with Gasteiger partial charge in [-0.15, -0.1) is 0 Å². The molecule has 42 valence electrons. The van der Waals surface area contributed by atoms with E-state index in [1.807, 2.05) is 6.92 Å². The molecule has 0 radical (unpaired) electrons. The molecule has 0 unspecified atom stereocenters. The van der Waals surface area contributed by atoms with Gasteiger partial charge in [0.2, 0.25) is 0 Å². The predicted molar refractivity (Wildman–Crippen MR) is 30.6 cm³/mol. The van der Waals surface area contributed by atoms with Gasteiger partial charge in [0.25, 0.3) is 0 Å². The van der Waals surface area contributed by atoms with Crippen molar-refractivity contribution in [3.05, 3.63) is 17.0 Å². The Hall–Kier alpha value is -0.500. The predicted octanol–water partition coefficient (Wildman–Crippen LogP) is 1.34. The van der Waals surface area contributed by atoms with E-state index in [4.69, 9.17) is 0 Å². The molecule has 0 amide bonds. The molecule has 0 aromatic carbocycles. The topological polar surface area (TPSA) is 26.3 Å². The van der Waals surface area contributed by atoms with Crippen LogP contribution in [-0.2, 0) is 0 Å². The molecule has 0 saturated carbocycles. The number of hydrogen-bond acceptors (Lipinski definition) is 2. The summed E-state index contributed by atoms with van der Waals surface area (Å²) >= 11 is 0. The van der Waals surface area contributed by atoms with Gasteiger partial charge in [-0.3, -0.25) is 0 Å².